The Balaban J connectivity index is 1.98. The van der Waals surface area contributed by atoms with Gasteiger partial charge in [0.15, 0.2) is 0 Å². The van der Waals surface area contributed by atoms with E-state index >= 15 is 0 Å². The Morgan fingerprint density at radius 2 is 1.58 bits per heavy atom. The zero-order chi connectivity index (χ0) is 18.9. The lowest BCUT2D eigenvalue weighted by Crippen LogP contribution is -2.42. The lowest BCUT2D eigenvalue weighted by atomic mass is 10.1. The van der Waals surface area contributed by atoms with E-state index in [1.807, 2.05) is 74.4 Å². The van der Waals surface area contributed by atoms with Crippen LogP contribution in [0.4, 0.5) is 0 Å². The van der Waals surface area contributed by atoms with Gasteiger partial charge in [0.1, 0.15) is 0 Å². The smallest absolute Gasteiger partial charge is 0.251 e. The number of likely N-dealkylation sites (N-methyl/N-ethyl adjacent to an activating group) is 1. The van der Waals surface area contributed by atoms with E-state index < -0.39 is 0 Å². The summed E-state index contributed by atoms with van der Waals surface area (Å²) >= 11 is 0. The van der Waals surface area contributed by atoms with E-state index in [0.717, 1.165) is 17.7 Å². The second-order valence-electron chi connectivity index (χ2n) is 6.60. The number of nitrogens with one attached hydrogen (secondary N) is 1. The van der Waals surface area contributed by atoms with Crippen LogP contribution in [0.25, 0.3) is 0 Å². The summed E-state index contributed by atoms with van der Waals surface area (Å²) < 4.78 is 0. The van der Waals surface area contributed by atoms with Crippen molar-refractivity contribution in [2.75, 3.05) is 33.7 Å². The summed E-state index contributed by atoms with van der Waals surface area (Å²) in [5.41, 5.74) is 2.57. The van der Waals surface area contributed by atoms with Crippen LogP contribution in [0.2, 0.25) is 0 Å². The van der Waals surface area contributed by atoms with E-state index in [0.29, 0.717) is 18.7 Å². The lowest BCUT2D eigenvalue weighted by Gasteiger charge is -2.25. The molecule has 2 aromatic rings. The van der Waals surface area contributed by atoms with E-state index in [1.54, 1.807) is 11.0 Å². The molecule has 5 heteroatoms. The highest BCUT2D eigenvalue weighted by atomic mass is 16.2. The van der Waals surface area contributed by atoms with Crippen molar-refractivity contribution < 1.29 is 9.59 Å². The summed E-state index contributed by atoms with van der Waals surface area (Å²) in [4.78, 5) is 28.8. The monoisotopic (exact) mass is 353 g/mol. The normalized spacial score (nSPS) is 10.6. The molecule has 0 aliphatic rings. The number of carbonyl (C=O) groups excluding carboxylic acids is 2. The number of hydrogen-bond acceptors (Lipinski definition) is 3. The predicted octanol–water partition coefficient (Wildman–Crippen LogP) is 2.32. The van der Waals surface area contributed by atoms with Crippen LogP contribution in [0, 0.1) is 6.92 Å². The molecule has 2 aromatic carbocycles. The van der Waals surface area contributed by atoms with Gasteiger partial charge < -0.3 is 15.1 Å². The van der Waals surface area contributed by atoms with Gasteiger partial charge in [-0.2, -0.15) is 0 Å². The van der Waals surface area contributed by atoms with Crippen LogP contribution in [-0.2, 0) is 11.3 Å². The molecule has 0 heterocycles. The van der Waals surface area contributed by atoms with Crippen LogP contribution in [0.1, 0.15) is 21.5 Å². The minimum absolute atomic E-state index is 0.00652. The molecule has 0 bridgehead atoms. The van der Waals surface area contributed by atoms with Crippen LogP contribution in [0.5, 0.6) is 0 Å². The third kappa shape index (κ3) is 6.01. The number of rotatable bonds is 8. The Bertz CT molecular complexity index is 729. The number of hydrogen-bond donors (Lipinski definition) is 1. The van der Waals surface area contributed by atoms with Gasteiger partial charge in [0.25, 0.3) is 5.91 Å². The van der Waals surface area contributed by atoms with Crippen LogP contribution in [0.3, 0.4) is 0 Å². The van der Waals surface area contributed by atoms with Crippen LogP contribution in [-0.4, -0.2) is 55.3 Å². The van der Waals surface area contributed by atoms with Crippen molar-refractivity contribution in [2.24, 2.45) is 0 Å². The number of benzene rings is 2. The number of aryl methyl sites for hydroxylation is 1. The molecule has 0 radical (unpaired) electrons. The summed E-state index contributed by atoms with van der Waals surface area (Å²) in [6, 6.07) is 17.2. The van der Waals surface area contributed by atoms with Crippen molar-refractivity contribution in [3.63, 3.8) is 0 Å². The van der Waals surface area contributed by atoms with Gasteiger partial charge in [-0.3, -0.25) is 9.59 Å². The van der Waals surface area contributed by atoms with Gasteiger partial charge in [-0.25, -0.2) is 0 Å². The maximum Gasteiger partial charge on any atom is 0.251 e. The Kier molecular flexibility index (Phi) is 7.36. The second-order valence-corrected chi connectivity index (χ2v) is 6.60. The molecule has 2 rings (SSSR count). The van der Waals surface area contributed by atoms with Crippen molar-refractivity contribution in [1.29, 1.82) is 0 Å². The van der Waals surface area contributed by atoms with Gasteiger partial charge in [-0.1, -0.05) is 48.5 Å². The minimum atomic E-state index is -0.219. The molecule has 1 N–H and O–H groups in total. The standard InChI is InChI=1S/C21H27N3O2/c1-17-9-7-8-12-19(17)21(26)22-15-20(25)24(14-13-23(2)3)16-18-10-5-4-6-11-18/h4-12H,13-16H2,1-3H3,(H,22,26). The molecule has 0 saturated carbocycles. The summed E-state index contributed by atoms with van der Waals surface area (Å²) in [6.07, 6.45) is 0. The molecule has 26 heavy (non-hydrogen) atoms. The summed E-state index contributed by atoms with van der Waals surface area (Å²) in [5, 5.41) is 2.75. The van der Waals surface area contributed by atoms with Gasteiger partial charge >= 0.3 is 0 Å². The molecule has 2 amide bonds. The van der Waals surface area contributed by atoms with Gasteiger partial charge in [0.2, 0.25) is 5.91 Å². The Morgan fingerprint density at radius 3 is 2.23 bits per heavy atom. The third-order valence-corrected chi connectivity index (χ3v) is 4.18. The largest absolute Gasteiger partial charge is 0.343 e. The fourth-order valence-electron chi connectivity index (χ4n) is 2.61. The van der Waals surface area contributed by atoms with Gasteiger partial charge in [-0.05, 0) is 38.2 Å². The van der Waals surface area contributed by atoms with E-state index in [2.05, 4.69) is 5.32 Å². The third-order valence-electron chi connectivity index (χ3n) is 4.18. The average molecular weight is 353 g/mol. The highest BCUT2D eigenvalue weighted by molar-refractivity contribution is 5.97. The molecule has 0 saturated heterocycles. The molecule has 5 nitrogen and oxygen atoms in total. The molecule has 0 unspecified atom stereocenters. The Hall–Kier alpha value is -2.66. The first-order valence-electron chi connectivity index (χ1n) is 8.77. The molecule has 0 atom stereocenters. The summed E-state index contributed by atoms with van der Waals surface area (Å²) in [6.45, 7) is 3.79. The van der Waals surface area contributed by atoms with Crippen LogP contribution in [0.15, 0.2) is 54.6 Å². The molecule has 138 valence electrons. The van der Waals surface area contributed by atoms with Gasteiger partial charge in [0, 0.05) is 25.2 Å². The molecule has 0 aromatic heterocycles. The number of nitrogens with zero attached hydrogens (tertiary/aromatic N) is 2. The zero-order valence-electron chi connectivity index (χ0n) is 15.7. The summed E-state index contributed by atoms with van der Waals surface area (Å²) in [7, 11) is 3.95. The second kappa shape index (κ2) is 9.73. The molecule has 0 fully saturated rings. The highest BCUT2D eigenvalue weighted by Crippen LogP contribution is 2.07. The van der Waals surface area contributed by atoms with Crippen molar-refractivity contribution in [3.8, 4) is 0 Å². The summed E-state index contributed by atoms with van der Waals surface area (Å²) in [5.74, 6) is -0.304. The number of amides is 2. The topological polar surface area (TPSA) is 52.7 Å². The molecular formula is C21H27N3O2. The predicted molar refractivity (Wildman–Crippen MR) is 104 cm³/mol. The Labute approximate surface area is 155 Å². The Morgan fingerprint density at radius 1 is 0.923 bits per heavy atom. The van der Waals surface area contributed by atoms with E-state index in [-0.39, 0.29) is 18.4 Å². The maximum atomic E-state index is 12.7. The molecular weight excluding hydrogens is 326 g/mol. The van der Waals surface area contributed by atoms with Crippen molar-refractivity contribution in [3.05, 3.63) is 71.3 Å². The van der Waals surface area contributed by atoms with Crippen LogP contribution >= 0.6 is 0 Å². The van der Waals surface area contributed by atoms with Crippen molar-refractivity contribution in [1.82, 2.24) is 15.1 Å². The van der Waals surface area contributed by atoms with Crippen molar-refractivity contribution >= 4 is 11.8 Å². The van der Waals surface area contributed by atoms with E-state index in [4.69, 9.17) is 0 Å². The SMILES string of the molecule is Cc1ccccc1C(=O)NCC(=O)N(CCN(C)C)Cc1ccccc1. The van der Waals surface area contributed by atoms with Crippen LogP contribution < -0.4 is 5.32 Å². The first-order valence-corrected chi connectivity index (χ1v) is 8.77. The number of carbonyl (C=O) groups is 2. The fourth-order valence-corrected chi connectivity index (χ4v) is 2.61. The maximum absolute atomic E-state index is 12.7. The highest BCUT2D eigenvalue weighted by Gasteiger charge is 2.16. The minimum Gasteiger partial charge on any atom is -0.343 e. The first kappa shape index (κ1) is 19.7. The molecule has 0 aliphatic heterocycles. The van der Waals surface area contributed by atoms with Crippen molar-refractivity contribution in [2.45, 2.75) is 13.5 Å². The lowest BCUT2D eigenvalue weighted by molar-refractivity contribution is -0.130. The fraction of sp³-hybridized carbons (Fsp3) is 0.333. The molecule has 0 aliphatic carbocycles. The quantitative estimate of drug-likeness (QED) is 0.792. The van der Waals surface area contributed by atoms with Gasteiger partial charge in [-0.15, -0.1) is 0 Å². The zero-order valence-corrected chi connectivity index (χ0v) is 15.7. The van der Waals surface area contributed by atoms with Gasteiger partial charge in [0.05, 0.1) is 6.54 Å². The van der Waals surface area contributed by atoms with E-state index in [1.165, 1.54) is 0 Å². The first-order chi connectivity index (χ1) is 12.5. The van der Waals surface area contributed by atoms with E-state index in [9.17, 15) is 9.59 Å². The molecule has 0 spiro atoms. The average Bonchev–Trinajstić information content (AvgIpc) is 2.64.